The summed E-state index contributed by atoms with van der Waals surface area (Å²) in [4.78, 5) is 5.13. The van der Waals surface area contributed by atoms with E-state index in [1.165, 1.54) is 22.4 Å². The number of rotatable bonds is 5. The molecule has 2 nitrogen and oxygen atoms in total. The van der Waals surface area contributed by atoms with Gasteiger partial charge in [0.1, 0.15) is 5.82 Å². The first-order valence-corrected chi connectivity index (χ1v) is 10.8. The van der Waals surface area contributed by atoms with Gasteiger partial charge in [0, 0.05) is 17.3 Å². The summed E-state index contributed by atoms with van der Waals surface area (Å²) in [7, 11) is 0. The molecule has 0 saturated heterocycles. The SMILES string of the molecule is Cc1cccc(-c2cn(-c3c(C(C)C)cccc3C(C)C)c(-c3ccccc3)n2)c1. The fourth-order valence-electron chi connectivity index (χ4n) is 4.07. The van der Waals surface area contributed by atoms with Gasteiger partial charge in [0.05, 0.1) is 11.4 Å². The summed E-state index contributed by atoms with van der Waals surface area (Å²) < 4.78 is 2.32. The molecule has 0 unspecified atom stereocenters. The maximum Gasteiger partial charge on any atom is 0.145 e. The minimum absolute atomic E-state index is 0.423. The van der Waals surface area contributed by atoms with E-state index in [1.54, 1.807) is 0 Å². The highest BCUT2D eigenvalue weighted by molar-refractivity contribution is 5.69. The second kappa shape index (κ2) is 8.31. The van der Waals surface area contributed by atoms with Crippen molar-refractivity contribution in [2.24, 2.45) is 0 Å². The quantitative estimate of drug-likeness (QED) is 0.338. The Labute approximate surface area is 180 Å². The third kappa shape index (κ3) is 3.82. The van der Waals surface area contributed by atoms with Gasteiger partial charge in [0.15, 0.2) is 0 Å². The molecule has 0 N–H and O–H groups in total. The minimum atomic E-state index is 0.423. The highest BCUT2D eigenvalue weighted by Crippen LogP contribution is 2.36. The van der Waals surface area contributed by atoms with Crippen LogP contribution in [-0.4, -0.2) is 9.55 Å². The maximum atomic E-state index is 5.13. The van der Waals surface area contributed by atoms with E-state index < -0.39 is 0 Å². The smallest absolute Gasteiger partial charge is 0.145 e. The Morgan fingerprint density at radius 1 is 0.700 bits per heavy atom. The van der Waals surface area contributed by atoms with E-state index in [2.05, 4.69) is 118 Å². The standard InChI is InChI=1S/C28H30N2/c1-19(2)24-15-10-16-25(20(3)4)27(24)30-18-26(23-14-9-11-21(5)17-23)29-28(30)22-12-7-6-8-13-22/h6-20H,1-5H3. The van der Waals surface area contributed by atoms with Crippen LogP contribution >= 0.6 is 0 Å². The van der Waals surface area contributed by atoms with Crippen LogP contribution < -0.4 is 0 Å². The number of hydrogen-bond acceptors (Lipinski definition) is 1. The van der Waals surface area contributed by atoms with E-state index >= 15 is 0 Å². The molecular weight excluding hydrogens is 364 g/mol. The molecule has 0 aliphatic carbocycles. The highest BCUT2D eigenvalue weighted by Gasteiger charge is 2.20. The van der Waals surface area contributed by atoms with Gasteiger partial charge in [-0.15, -0.1) is 0 Å². The molecule has 0 radical (unpaired) electrons. The predicted octanol–water partition coefficient (Wildman–Crippen LogP) is 7.76. The van der Waals surface area contributed by atoms with Crippen molar-refractivity contribution in [3.8, 4) is 28.3 Å². The van der Waals surface area contributed by atoms with Crippen LogP contribution in [-0.2, 0) is 0 Å². The van der Waals surface area contributed by atoms with E-state index in [1.807, 2.05) is 0 Å². The van der Waals surface area contributed by atoms with Crippen LogP contribution in [0.25, 0.3) is 28.3 Å². The molecule has 4 aromatic rings. The van der Waals surface area contributed by atoms with Crippen LogP contribution in [0.5, 0.6) is 0 Å². The van der Waals surface area contributed by atoms with E-state index in [0.717, 1.165) is 22.6 Å². The van der Waals surface area contributed by atoms with Gasteiger partial charge in [-0.25, -0.2) is 4.98 Å². The molecule has 4 rings (SSSR count). The zero-order chi connectivity index (χ0) is 21.3. The summed E-state index contributed by atoms with van der Waals surface area (Å²) in [5.74, 6) is 1.83. The van der Waals surface area contributed by atoms with Gasteiger partial charge in [-0.05, 0) is 36.0 Å². The normalized spacial score (nSPS) is 11.4. The number of hydrogen-bond donors (Lipinski definition) is 0. The number of imidazole rings is 1. The Balaban J connectivity index is 2.03. The zero-order valence-corrected chi connectivity index (χ0v) is 18.6. The van der Waals surface area contributed by atoms with E-state index in [0.29, 0.717) is 11.8 Å². The van der Waals surface area contributed by atoms with E-state index in [-0.39, 0.29) is 0 Å². The van der Waals surface area contributed by atoms with Crippen molar-refractivity contribution < 1.29 is 0 Å². The first-order valence-electron chi connectivity index (χ1n) is 10.8. The molecule has 0 bridgehead atoms. The van der Waals surface area contributed by atoms with Gasteiger partial charge >= 0.3 is 0 Å². The molecule has 2 heteroatoms. The second-order valence-electron chi connectivity index (χ2n) is 8.65. The molecular formula is C28H30N2. The van der Waals surface area contributed by atoms with Gasteiger partial charge in [-0.2, -0.15) is 0 Å². The van der Waals surface area contributed by atoms with Crippen LogP contribution in [0, 0.1) is 6.92 Å². The topological polar surface area (TPSA) is 17.8 Å². The Bertz CT molecular complexity index is 1120. The second-order valence-corrected chi connectivity index (χ2v) is 8.65. The average Bonchev–Trinajstić information content (AvgIpc) is 3.19. The molecule has 152 valence electrons. The number of aryl methyl sites for hydroxylation is 1. The van der Waals surface area contributed by atoms with Gasteiger partial charge in [-0.3, -0.25) is 4.57 Å². The summed E-state index contributed by atoms with van der Waals surface area (Å²) in [6, 6.07) is 25.8. The molecule has 1 aromatic heterocycles. The van der Waals surface area contributed by atoms with Crippen molar-refractivity contribution in [2.75, 3.05) is 0 Å². The molecule has 0 amide bonds. The van der Waals surface area contributed by atoms with Crippen LogP contribution in [0.3, 0.4) is 0 Å². The number of benzene rings is 3. The van der Waals surface area contributed by atoms with Crippen molar-refractivity contribution in [2.45, 2.75) is 46.5 Å². The number of aromatic nitrogens is 2. The minimum Gasteiger partial charge on any atom is -0.299 e. The van der Waals surface area contributed by atoms with Crippen LogP contribution in [0.2, 0.25) is 0 Å². The van der Waals surface area contributed by atoms with Crippen molar-refractivity contribution in [1.29, 1.82) is 0 Å². The molecule has 30 heavy (non-hydrogen) atoms. The number of nitrogens with zero attached hydrogens (tertiary/aromatic N) is 2. The lowest BCUT2D eigenvalue weighted by molar-refractivity contribution is 0.807. The lowest BCUT2D eigenvalue weighted by Gasteiger charge is -2.21. The van der Waals surface area contributed by atoms with Crippen molar-refractivity contribution >= 4 is 0 Å². The van der Waals surface area contributed by atoms with Crippen LogP contribution in [0.1, 0.15) is 56.2 Å². The molecule has 1 heterocycles. The predicted molar refractivity (Wildman–Crippen MR) is 127 cm³/mol. The van der Waals surface area contributed by atoms with E-state index in [9.17, 15) is 0 Å². The summed E-state index contributed by atoms with van der Waals surface area (Å²) in [5, 5.41) is 0. The summed E-state index contributed by atoms with van der Waals surface area (Å²) in [6.07, 6.45) is 2.21. The summed E-state index contributed by atoms with van der Waals surface area (Å²) >= 11 is 0. The fraction of sp³-hybridized carbons (Fsp3) is 0.250. The Hall–Kier alpha value is -3.13. The Morgan fingerprint density at radius 3 is 1.90 bits per heavy atom. The van der Waals surface area contributed by atoms with Gasteiger partial charge < -0.3 is 0 Å². The van der Waals surface area contributed by atoms with Crippen molar-refractivity contribution in [1.82, 2.24) is 9.55 Å². The van der Waals surface area contributed by atoms with Crippen molar-refractivity contribution in [3.63, 3.8) is 0 Å². The van der Waals surface area contributed by atoms with Gasteiger partial charge in [-0.1, -0.05) is 100.0 Å². The largest absolute Gasteiger partial charge is 0.299 e. The lowest BCUT2D eigenvalue weighted by Crippen LogP contribution is -2.07. The molecule has 3 aromatic carbocycles. The molecule has 0 spiro atoms. The molecule has 0 aliphatic heterocycles. The molecule has 0 fully saturated rings. The molecule has 0 atom stereocenters. The fourth-order valence-corrected chi connectivity index (χ4v) is 4.07. The molecule has 0 saturated carbocycles. The monoisotopic (exact) mass is 394 g/mol. The highest BCUT2D eigenvalue weighted by atomic mass is 15.1. The van der Waals surface area contributed by atoms with Gasteiger partial charge in [0.2, 0.25) is 0 Å². The lowest BCUT2D eigenvalue weighted by atomic mass is 9.92. The van der Waals surface area contributed by atoms with E-state index in [4.69, 9.17) is 4.98 Å². The van der Waals surface area contributed by atoms with Crippen LogP contribution in [0.4, 0.5) is 0 Å². The molecule has 0 aliphatic rings. The van der Waals surface area contributed by atoms with Crippen molar-refractivity contribution in [3.05, 3.63) is 95.7 Å². The third-order valence-corrected chi connectivity index (χ3v) is 5.64. The Kier molecular flexibility index (Phi) is 5.59. The average molecular weight is 395 g/mol. The van der Waals surface area contributed by atoms with Gasteiger partial charge in [0.25, 0.3) is 0 Å². The van der Waals surface area contributed by atoms with Crippen LogP contribution in [0.15, 0.2) is 79.0 Å². The summed E-state index contributed by atoms with van der Waals surface area (Å²) in [5.41, 5.74) is 8.51. The third-order valence-electron chi connectivity index (χ3n) is 5.64. The first kappa shape index (κ1) is 20.2. The summed E-state index contributed by atoms with van der Waals surface area (Å²) in [6.45, 7) is 11.2. The maximum absolute atomic E-state index is 5.13. The first-order chi connectivity index (χ1) is 14.5. The number of para-hydroxylation sites is 1. The zero-order valence-electron chi connectivity index (χ0n) is 18.6. The Morgan fingerprint density at radius 2 is 1.30 bits per heavy atom.